The lowest BCUT2D eigenvalue weighted by Crippen LogP contribution is -2.18. The molecule has 0 unspecified atom stereocenters. The minimum absolute atomic E-state index is 0.378. The van der Waals surface area contributed by atoms with Crippen molar-refractivity contribution in [3.05, 3.63) is 90.0 Å². The van der Waals surface area contributed by atoms with Gasteiger partial charge in [0.15, 0.2) is 6.29 Å². The number of benzene rings is 2. The van der Waals surface area contributed by atoms with Gasteiger partial charge in [0, 0.05) is 41.8 Å². The van der Waals surface area contributed by atoms with Crippen molar-refractivity contribution in [3.8, 4) is 33.9 Å². The quantitative estimate of drug-likeness (QED) is 0.269. The number of tetrazole rings is 1. The molecular weight excluding hydrogens is 490 g/mol. The third-order valence-corrected chi connectivity index (χ3v) is 6.95. The number of ether oxygens (including phenoxy) is 2. The van der Waals surface area contributed by atoms with Crippen molar-refractivity contribution in [3.63, 3.8) is 0 Å². The predicted molar refractivity (Wildman–Crippen MR) is 147 cm³/mol. The van der Waals surface area contributed by atoms with Gasteiger partial charge in [0.05, 0.1) is 18.9 Å². The second-order valence-electron chi connectivity index (χ2n) is 9.65. The Labute approximate surface area is 227 Å². The van der Waals surface area contributed by atoms with E-state index >= 15 is 0 Å². The van der Waals surface area contributed by atoms with E-state index in [1.807, 2.05) is 36.8 Å². The van der Waals surface area contributed by atoms with Crippen molar-refractivity contribution in [2.45, 2.75) is 45.4 Å². The van der Waals surface area contributed by atoms with Crippen molar-refractivity contribution in [2.24, 2.45) is 0 Å². The molecule has 0 aliphatic carbocycles. The molecule has 9 nitrogen and oxygen atoms in total. The molecule has 39 heavy (non-hydrogen) atoms. The van der Waals surface area contributed by atoms with E-state index in [2.05, 4.69) is 68.5 Å². The molecule has 0 bridgehead atoms. The van der Waals surface area contributed by atoms with Gasteiger partial charge >= 0.3 is 0 Å². The summed E-state index contributed by atoms with van der Waals surface area (Å²) in [6.45, 7) is 4.28. The minimum atomic E-state index is -0.378. The molecule has 0 radical (unpaired) electrons. The molecule has 0 spiro atoms. The molecule has 9 heteroatoms. The summed E-state index contributed by atoms with van der Waals surface area (Å²) < 4.78 is 13.9. The number of aromatic nitrogens is 7. The Morgan fingerprint density at radius 2 is 1.79 bits per heavy atom. The SMILES string of the molecule is CCCCc1ncc(C2OCCCO2)cc1-c1nccn1Cc1ccc(-c2ccccc2-c2nn[nH]n2)cc1. The summed E-state index contributed by atoms with van der Waals surface area (Å²) in [5.74, 6) is 1.48. The number of unbranched alkanes of at least 4 members (excludes halogenated alkanes) is 1. The van der Waals surface area contributed by atoms with Gasteiger partial charge in [-0.3, -0.25) is 4.98 Å². The highest BCUT2D eigenvalue weighted by Crippen LogP contribution is 2.31. The summed E-state index contributed by atoms with van der Waals surface area (Å²) in [6.07, 6.45) is 9.39. The number of rotatable bonds is 9. The predicted octanol–water partition coefficient (Wildman–Crippen LogP) is 5.62. The molecule has 0 atom stereocenters. The Balaban J connectivity index is 1.28. The van der Waals surface area contributed by atoms with Gasteiger partial charge in [-0.25, -0.2) is 4.98 Å². The zero-order valence-corrected chi connectivity index (χ0v) is 22.0. The highest BCUT2D eigenvalue weighted by atomic mass is 16.7. The normalized spacial score (nSPS) is 14.1. The highest BCUT2D eigenvalue weighted by Gasteiger charge is 2.21. The largest absolute Gasteiger partial charge is 0.348 e. The zero-order chi connectivity index (χ0) is 26.4. The van der Waals surface area contributed by atoms with E-state index in [1.54, 1.807) is 0 Å². The van der Waals surface area contributed by atoms with Crippen LogP contribution in [0.15, 0.2) is 73.2 Å². The van der Waals surface area contributed by atoms with Crippen LogP contribution in [0.4, 0.5) is 0 Å². The van der Waals surface area contributed by atoms with Gasteiger partial charge in [-0.1, -0.05) is 61.9 Å². The van der Waals surface area contributed by atoms with Crippen LogP contribution in [0.25, 0.3) is 33.9 Å². The van der Waals surface area contributed by atoms with E-state index in [-0.39, 0.29) is 6.29 Å². The zero-order valence-electron chi connectivity index (χ0n) is 22.0. The number of aryl methyl sites for hydroxylation is 1. The Kier molecular flexibility index (Phi) is 7.51. The van der Waals surface area contributed by atoms with Crippen molar-refractivity contribution < 1.29 is 9.47 Å². The fraction of sp³-hybridized carbons (Fsp3) is 0.300. The fourth-order valence-corrected chi connectivity index (χ4v) is 4.93. The van der Waals surface area contributed by atoms with E-state index in [0.29, 0.717) is 25.6 Å². The third-order valence-electron chi connectivity index (χ3n) is 6.95. The number of H-pyrrole nitrogens is 1. The van der Waals surface area contributed by atoms with Gasteiger partial charge in [0.2, 0.25) is 5.82 Å². The summed E-state index contributed by atoms with van der Waals surface area (Å²) in [7, 11) is 0. The first-order valence-corrected chi connectivity index (χ1v) is 13.5. The lowest BCUT2D eigenvalue weighted by molar-refractivity contribution is -0.183. The van der Waals surface area contributed by atoms with Crippen LogP contribution in [0.1, 0.15) is 49.3 Å². The van der Waals surface area contributed by atoms with Crippen LogP contribution in [0.3, 0.4) is 0 Å². The standard InChI is InChI=1S/C30H31N7O2/c1-2-3-9-27-26(18-23(19-32-27)30-38-16-6-17-39-30)29-31-14-15-37(29)20-21-10-12-22(13-11-21)24-7-4-5-8-25(24)28-33-35-36-34-28/h4-5,7-8,10-15,18-19,30H,2-3,6,9,16-17,20H2,1H3,(H,33,34,35,36). The Morgan fingerprint density at radius 1 is 0.974 bits per heavy atom. The first-order valence-electron chi connectivity index (χ1n) is 13.5. The number of hydrogen-bond acceptors (Lipinski definition) is 7. The maximum atomic E-state index is 5.86. The van der Waals surface area contributed by atoms with E-state index in [4.69, 9.17) is 19.4 Å². The van der Waals surface area contributed by atoms with Gasteiger partial charge in [0.25, 0.3) is 0 Å². The van der Waals surface area contributed by atoms with Crippen LogP contribution < -0.4 is 0 Å². The molecule has 0 amide bonds. The lowest BCUT2D eigenvalue weighted by Gasteiger charge is -2.24. The van der Waals surface area contributed by atoms with Crippen molar-refractivity contribution in [1.82, 2.24) is 35.2 Å². The average Bonchev–Trinajstić information content (AvgIpc) is 3.70. The first kappa shape index (κ1) is 25.1. The fourth-order valence-electron chi connectivity index (χ4n) is 4.93. The third kappa shape index (κ3) is 5.50. The van der Waals surface area contributed by atoms with Gasteiger partial charge < -0.3 is 14.0 Å². The molecule has 0 saturated carbocycles. The van der Waals surface area contributed by atoms with E-state index in [1.165, 1.54) is 5.56 Å². The van der Waals surface area contributed by atoms with Crippen LogP contribution in [0.5, 0.6) is 0 Å². The van der Waals surface area contributed by atoms with Gasteiger partial charge in [-0.2, -0.15) is 5.21 Å². The van der Waals surface area contributed by atoms with Gasteiger partial charge in [-0.15, -0.1) is 10.2 Å². The maximum Gasteiger partial charge on any atom is 0.205 e. The van der Waals surface area contributed by atoms with E-state index < -0.39 is 0 Å². The topological polar surface area (TPSA) is 104 Å². The van der Waals surface area contributed by atoms with Crippen molar-refractivity contribution in [2.75, 3.05) is 13.2 Å². The summed E-state index contributed by atoms with van der Waals surface area (Å²) in [4.78, 5) is 9.60. The van der Waals surface area contributed by atoms with Crippen molar-refractivity contribution >= 4 is 0 Å². The molecule has 1 fully saturated rings. The number of nitrogens with zero attached hydrogens (tertiary/aromatic N) is 6. The molecule has 2 aromatic carbocycles. The highest BCUT2D eigenvalue weighted by molar-refractivity contribution is 5.80. The molecular formula is C30H31N7O2. The second kappa shape index (κ2) is 11.7. The smallest absolute Gasteiger partial charge is 0.205 e. The van der Waals surface area contributed by atoms with Crippen LogP contribution in [-0.2, 0) is 22.4 Å². The molecule has 1 aliphatic rings. The van der Waals surface area contributed by atoms with E-state index in [9.17, 15) is 0 Å². The Bertz CT molecular complexity index is 1510. The first-order chi connectivity index (χ1) is 19.3. The van der Waals surface area contributed by atoms with Crippen LogP contribution in [0.2, 0.25) is 0 Å². The number of nitrogens with one attached hydrogen (secondary N) is 1. The van der Waals surface area contributed by atoms with Crippen LogP contribution in [0, 0.1) is 0 Å². The molecule has 4 heterocycles. The second-order valence-corrected chi connectivity index (χ2v) is 9.65. The number of pyridine rings is 1. The molecule has 3 aromatic heterocycles. The summed E-state index contributed by atoms with van der Waals surface area (Å²) >= 11 is 0. The minimum Gasteiger partial charge on any atom is -0.348 e. The molecule has 1 saturated heterocycles. The molecule has 198 valence electrons. The lowest BCUT2D eigenvalue weighted by atomic mass is 9.98. The number of imidazole rings is 1. The summed E-state index contributed by atoms with van der Waals surface area (Å²) in [6, 6.07) is 18.8. The monoisotopic (exact) mass is 521 g/mol. The van der Waals surface area contributed by atoms with E-state index in [0.717, 1.165) is 65.0 Å². The molecule has 6 rings (SSSR count). The Morgan fingerprint density at radius 3 is 2.56 bits per heavy atom. The van der Waals surface area contributed by atoms with Crippen LogP contribution >= 0.6 is 0 Å². The molecule has 5 aromatic rings. The Hall–Kier alpha value is -4.21. The van der Waals surface area contributed by atoms with Gasteiger partial charge in [-0.05, 0) is 47.2 Å². The molecule has 1 aliphatic heterocycles. The summed E-state index contributed by atoms with van der Waals surface area (Å²) in [5, 5.41) is 14.6. The maximum absolute atomic E-state index is 5.86. The van der Waals surface area contributed by atoms with Gasteiger partial charge in [0.1, 0.15) is 5.82 Å². The van der Waals surface area contributed by atoms with Crippen LogP contribution in [-0.4, -0.2) is 48.4 Å². The number of hydrogen-bond donors (Lipinski definition) is 1. The van der Waals surface area contributed by atoms with Crippen molar-refractivity contribution in [1.29, 1.82) is 0 Å². The average molecular weight is 522 g/mol. The number of aromatic amines is 1. The summed E-state index contributed by atoms with van der Waals surface area (Å²) in [5.41, 5.74) is 7.29. The molecule has 1 N–H and O–H groups in total.